The molecular formula is C23H23N3O4S. The fraction of sp³-hybridized carbons (Fsp3) is 0.261. The second kappa shape index (κ2) is 8.77. The molecular weight excluding hydrogens is 414 g/mol. The Morgan fingerprint density at radius 1 is 1.23 bits per heavy atom. The minimum Gasteiger partial charge on any atom is -0.497 e. The summed E-state index contributed by atoms with van der Waals surface area (Å²) >= 11 is 1.42. The van der Waals surface area contributed by atoms with E-state index in [2.05, 4.69) is 10.3 Å². The highest BCUT2D eigenvalue weighted by Gasteiger charge is 2.31. The summed E-state index contributed by atoms with van der Waals surface area (Å²) in [6.07, 6.45) is -0.421. The van der Waals surface area contributed by atoms with Crippen LogP contribution in [-0.2, 0) is 9.59 Å². The Morgan fingerprint density at radius 2 is 1.97 bits per heavy atom. The van der Waals surface area contributed by atoms with Crippen LogP contribution in [0.1, 0.15) is 18.2 Å². The van der Waals surface area contributed by atoms with Crippen LogP contribution in [0.3, 0.4) is 0 Å². The first kappa shape index (κ1) is 20.9. The number of anilines is 2. The van der Waals surface area contributed by atoms with E-state index in [0.717, 1.165) is 21.9 Å². The molecule has 4 rings (SSSR count). The molecule has 0 unspecified atom stereocenters. The Morgan fingerprint density at radius 3 is 2.71 bits per heavy atom. The summed E-state index contributed by atoms with van der Waals surface area (Å²) in [6, 6.07) is 15.0. The van der Waals surface area contributed by atoms with Gasteiger partial charge in [-0.25, -0.2) is 4.98 Å². The molecule has 2 amide bonds. The van der Waals surface area contributed by atoms with Crippen molar-refractivity contribution in [3.63, 3.8) is 0 Å². The highest BCUT2D eigenvalue weighted by Crippen LogP contribution is 2.34. The van der Waals surface area contributed by atoms with Crippen LogP contribution in [0.2, 0.25) is 0 Å². The molecule has 31 heavy (non-hydrogen) atoms. The van der Waals surface area contributed by atoms with E-state index in [9.17, 15) is 9.59 Å². The molecule has 0 spiro atoms. The molecule has 0 aliphatic carbocycles. The van der Waals surface area contributed by atoms with Gasteiger partial charge in [-0.1, -0.05) is 12.1 Å². The van der Waals surface area contributed by atoms with Gasteiger partial charge in [-0.15, -0.1) is 11.3 Å². The fourth-order valence-electron chi connectivity index (χ4n) is 3.45. The number of nitrogens with zero attached hydrogens (tertiary/aromatic N) is 2. The van der Waals surface area contributed by atoms with Crippen molar-refractivity contribution in [1.29, 1.82) is 0 Å². The van der Waals surface area contributed by atoms with E-state index in [-0.39, 0.29) is 24.8 Å². The number of carbonyl (C=O) groups is 2. The zero-order valence-electron chi connectivity index (χ0n) is 17.5. The van der Waals surface area contributed by atoms with E-state index in [0.29, 0.717) is 16.6 Å². The molecule has 0 fully saturated rings. The van der Waals surface area contributed by atoms with Crippen molar-refractivity contribution in [1.82, 2.24) is 4.98 Å². The molecule has 3 aromatic rings. The second-order valence-corrected chi connectivity index (χ2v) is 8.37. The van der Waals surface area contributed by atoms with Crippen molar-refractivity contribution in [2.75, 3.05) is 23.9 Å². The molecule has 1 atom stereocenters. The van der Waals surface area contributed by atoms with Crippen LogP contribution in [0.5, 0.6) is 11.5 Å². The number of thiazole rings is 1. The Labute approximate surface area is 184 Å². The molecule has 160 valence electrons. The van der Waals surface area contributed by atoms with E-state index in [1.54, 1.807) is 18.9 Å². The van der Waals surface area contributed by atoms with E-state index < -0.39 is 6.10 Å². The van der Waals surface area contributed by atoms with E-state index in [4.69, 9.17) is 9.47 Å². The third kappa shape index (κ3) is 4.39. The highest BCUT2D eigenvalue weighted by atomic mass is 32.1. The summed E-state index contributed by atoms with van der Waals surface area (Å²) in [7, 11) is 1.63. The molecule has 0 radical (unpaired) electrons. The largest absolute Gasteiger partial charge is 0.497 e. The van der Waals surface area contributed by atoms with Crippen LogP contribution in [0, 0.1) is 6.92 Å². The van der Waals surface area contributed by atoms with Crippen molar-refractivity contribution in [3.05, 3.63) is 53.4 Å². The lowest BCUT2D eigenvalue weighted by atomic mass is 10.1. The first-order valence-corrected chi connectivity index (χ1v) is 10.8. The number of hydrogen-bond donors (Lipinski definition) is 1. The Bertz CT molecular complexity index is 1110. The summed E-state index contributed by atoms with van der Waals surface area (Å²) < 4.78 is 10.8. The zero-order valence-corrected chi connectivity index (χ0v) is 18.4. The van der Waals surface area contributed by atoms with Gasteiger partial charge in [0.1, 0.15) is 11.5 Å². The van der Waals surface area contributed by atoms with Gasteiger partial charge in [0.05, 0.1) is 18.5 Å². The van der Waals surface area contributed by atoms with Gasteiger partial charge in [-0.3, -0.25) is 9.59 Å². The maximum Gasteiger partial charge on any atom is 0.267 e. The van der Waals surface area contributed by atoms with Crippen LogP contribution >= 0.6 is 11.3 Å². The average Bonchev–Trinajstić information content (AvgIpc) is 3.14. The number of nitrogens with one attached hydrogen (secondary N) is 1. The van der Waals surface area contributed by atoms with Crippen molar-refractivity contribution < 1.29 is 19.1 Å². The smallest absolute Gasteiger partial charge is 0.267 e. The number of aryl methyl sites for hydroxylation is 1. The minimum atomic E-state index is -0.577. The van der Waals surface area contributed by atoms with Crippen LogP contribution < -0.4 is 19.7 Å². The van der Waals surface area contributed by atoms with Gasteiger partial charge >= 0.3 is 0 Å². The number of aromatic nitrogens is 1. The quantitative estimate of drug-likeness (QED) is 0.623. The molecule has 0 saturated heterocycles. The van der Waals surface area contributed by atoms with E-state index in [1.807, 2.05) is 55.5 Å². The van der Waals surface area contributed by atoms with Crippen LogP contribution in [0.4, 0.5) is 10.8 Å². The molecule has 2 aromatic carbocycles. The number of rotatable bonds is 6. The summed E-state index contributed by atoms with van der Waals surface area (Å²) in [6.45, 7) is 3.95. The predicted molar refractivity (Wildman–Crippen MR) is 121 cm³/mol. The third-order valence-electron chi connectivity index (χ3n) is 5.04. The zero-order chi connectivity index (χ0) is 22.0. The number of fused-ring (bicyclic) bond motifs is 1. The number of para-hydroxylation sites is 2. The summed E-state index contributed by atoms with van der Waals surface area (Å²) in [5, 5.41) is 3.40. The van der Waals surface area contributed by atoms with Gasteiger partial charge < -0.3 is 19.7 Å². The van der Waals surface area contributed by atoms with E-state index in [1.165, 1.54) is 11.3 Å². The summed E-state index contributed by atoms with van der Waals surface area (Å²) in [5.41, 5.74) is 2.47. The molecule has 7 nitrogen and oxygen atoms in total. The topological polar surface area (TPSA) is 80.8 Å². The maximum absolute atomic E-state index is 12.6. The highest BCUT2D eigenvalue weighted by molar-refractivity contribution is 7.16. The molecule has 1 N–H and O–H groups in total. The van der Waals surface area contributed by atoms with Crippen molar-refractivity contribution in [2.24, 2.45) is 0 Å². The standard InChI is InChI=1S/C23H23N3O4S/c1-14-22(28)26(18-6-4-5-7-19(18)30-14)13-12-20(27)24-23-25-21(15(2)31-23)16-8-10-17(29-3)11-9-16/h4-11,14H,12-13H2,1-3H3,(H,24,25,27)/t14-/m1/s1. The first-order chi connectivity index (χ1) is 15.0. The number of methoxy groups -OCH3 is 1. The summed E-state index contributed by atoms with van der Waals surface area (Å²) in [5.74, 6) is 1.08. The monoisotopic (exact) mass is 437 g/mol. The lowest BCUT2D eigenvalue weighted by Crippen LogP contribution is -2.45. The molecule has 0 saturated carbocycles. The Kier molecular flexibility index (Phi) is 5.90. The van der Waals surface area contributed by atoms with Crippen molar-refractivity contribution >= 4 is 34.0 Å². The SMILES string of the molecule is COc1ccc(-c2nc(NC(=O)CCN3C(=O)[C@@H](C)Oc4ccccc43)sc2C)cc1. The number of carbonyl (C=O) groups excluding carboxylic acids is 2. The van der Waals surface area contributed by atoms with E-state index >= 15 is 0 Å². The van der Waals surface area contributed by atoms with Gasteiger partial charge in [0.2, 0.25) is 5.91 Å². The Hall–Kier alpha value is -3.39. The van der Waals surface area contributed by atoms with Gasteiger partial charge in [-0.05, 0) is 50.2 Å². The third-order valence-corrected chi connectivity index (χ3v) is 5.93. The van der Waals surface area contributed by atoms with Gasteiger partial charge in [0.25, 0.3) is 5.91 Å². The van der Waals surface area contributed by atoms with Crippen LogP contribution in [0.15, 0.2) is 48.5 Å². The first-order valence-electron chi connectivity index (χ1n) is 9.95. The van der Waals surface area contributed by atoms with Crippen molar-refractivity contribution in [3.8, 4) is 22.8 Å². The fourth-order valence-corrected chi connectivity index (χ4v) is 4.30. The Balaban J connectivity index is 1.42. The van der Waals surface area contributed by atoms with Crippen LogP contribution in [0.25, 0.3) is 11.3 Å². The predicted octanol–water partition coefficient (Wildman–Crippen LogP) is 4.27. The van der Waals surface area contributed by atoms with Crippen LogP contribution in [-0.4, -0.2) is 36.6 Å². The lowest BCUT2D eigenvalue weighted by molar-refractivity contribution is -0.125. The molecule has 8 heteroatoms. The number of hydrogen-bond acceptors (Lipinski definition) is 6. The maximum atomic E-state index is 12.6. The number of ether oxygens (including phenoxy) is 2. The average molecular weight is 438 g/mol. The lowest BCUT2D eigenvalue weighted by Gasteiger charge is -2.32. The molecule has 2 heterocycles. The molecule has 1 aliphatic rings. The van der Waals surface area contributed by atoms with Gasteiger partial charge in [0.15, 0.2) is 11.2 Å². The van der Waals surface area contributed by atoms with Gasteiger partial charge in [-0.2, -0.15) is 0 Å². The number of benzene rings is 2. The minimum absolute atomic E-state index is 0.154. The second-order valence-electron chi connectivity index (χ2n) is 7.17. The molecule has 0 bridgehead atoms. The summed E-state index contributed by atoms with van der Waals surface area (Å²) in [4.78, 5) is 32.3. The molecule has 1 aliphatic heterocycles. The van der Waals surface area contributed by atoms with Gasteiger partial charge in [0, 0.05) is 23.4 Å². The number of amides is 2. The molecule has 1 aromatic heterocycles. The van der Waals surface area contributed by atoms with Crippen molar-refractivity contribution in [2.45, 2.75) is 26.4 Å². The normalized spacial score (nSPS) is 15.3.